The second-order valence-corrected chi connectivity index (χ2v) is 4.30. The lowest BCUT2D eigenvalue weighted by Crippen LogP contribution is -2.12. The summed E-state index contributed by atoms with van der Waals surface area (Å²) in [5.74, 6) is 0.945. The van der Waals surface area contributed by atoms with Gasteiger partial charge in [0.25, 0.3) is 0 Å². The molecule has 0 fully saturated rings. The molecule has 0 aliphatic carbocycles. The van der Waals surface area contributed by atoms with Crippen LogP contribution in [0.15, 0.2) is 18.2 Å². The van der Waals surface area contributed by atoms with E-state index in [0.29, 0.717) is 6.61 Å². The van der Waals surface area contributed by atoms with Gasteiger partial charge in [-0.25, -0.2) is 0 Å². The number of hydrogen-bond donors (Lipinski definition) is 2. The van der Waals surface area contributed by atoms with Gasteiger partial charge in [0.2, 0.25) is 0 Å². The molecule has 90 valence electrons. The standard InChI is InChI=1S/C13H20O3/c1-9(7-14)8-16-13-5-4-12(11(3)15)6-10(13)2/h4-6,9,11,14-15H,7-8H2,1-3H3/t9?,11-/m1/s1. The van der Waals surface area contributed by atoms with Crippen LogP contribution < -0.4 is 4.74 Å². The summed E-state index contributed by atoms with van der Waals surface area (Å²) in [5.41, 5.74) is 1.89. The highest BCUT2D eigenvalue weighted by atomic mass is 16.5. The SMILES string of the molecule is Cc1cc([C@@H](C)O)ccc1OCC(C)CO. The van der Waals surface area contributed by atoms with E-state index in [9.17, 15) is 5.11 Å². The van der Waals surface area contributed by atoms with Crippen LogP contribution in [0.1, 0.15) is 31.1 Å². The first-order chi connectivity index (χ1) is 7.54. The van der Waals surface area contributed by atoms with Crippen molar-refractivity contribution in [2.24, 2.45) is 5.92 Å². The molecule has 0 bridgehead atoms. The first-order valence-corrected chi connectivity index (χ1v) is 5.57. The molecule has 0 saturated carbocycles. The predicted molar refractivity (Wildman–Crippen MR) is 63.6 cm³/mol. The van der Waals surface area contributed by atoms with Crippen LogP contribution in [0.4, 0.5) is 0 Å². The molecule has 16 heavy (non-hydrogen) atoms. The molecule has 3 nitrogen and oxygen atoms in total. The number of aryl methyl sites for hydroxylation is 1. The van der Waals surface area contributed by atoms with Gasteiger partial charge >= 0.3 is 0 Å². The van der Waals surface area contributed by atoms with Crippen molar-refractivity contribution >= 4 is 0 Å². The zero-order valence-electron chi connectivity index (χ0n) is 10.1. The summed E-state index contributed by atoms with van der Waals surface area (Å²) in [6.07, 6.45) is -0.455. The lowest BCUT2D eigenvalue weighted by molar-refractivity contribution is 0.173. The Morgan fingerprint density at radius 2 is 2.00 bits per heavy atom. The van der Waals surface area contributed by atoms with Crippen molar-refractivity contribution in [2.45, 2.75) is 26.9 Å². The van der Waals surface area contributed by atoms with Gasteiger partial charge in [0.15, 0.2) is 0 Å². The summed E-state index contributed by atoms with van der Waals surface area (Å²) < 4.78 is 5.58. The zero-order valence-corrected chi connectivity index (χ0v) is 10.1. The van der Waals surface area contributed by atoms with Gasteiger partial charge < -0.3 is 14.9 Å². The number of ether oxygens (including phenoxy) is 1. The molecule has 0 aliphatic rings. The summed E-state index contributed by atoms with van der Waals surface area (Å²) in [7, 11) is 0. The fourth-order valence-corrected chi connectivity index (χ4v) is 1.38. The molecule has 0 spiro atoms. The van der Waals surface area contributed by atoms with Crippen LogP contribution in [0.25, 0.3) is 0 Å². The average molecular weight is 224 g/mol. The number of aliphatic hydroxyl groups excluding tert-OH is 2. The Bertz CT molecular complexity index is 334. The molecule has 0 amide bonds. The molecule has 0 radical (unpaired) electrons. The summed E-state index contributed by atoms with van der Waals surface area (Å²) in [6, 6.07) is 5.64. The maximum absolute atomic E-state index is 9.42. The fourth-order valence-electron chi connectivity index (χ4n) is 1.38. The molecule has 1 unspecified atom stereocenters. The van der Waals surface area contributed by atoms with Crippen LogP contribution in [0.5, 0.6) is 5.75 Å². The van der Waals surface area contributed by atoms with Gasteiger partial charge in [0.1, 0.15) is 5.75 Å². The van der Waals surface area contributed by atoms with E-state index in [-0.39, 0.29) is 12.5 Å². The van der Waals surface area contributed by atoms with E-state index in [1.807, 2.05) is 32.0 Å². The summed E-state index contributed by atoms with van der Waals surface area (Å²) in [5, 5.41) is 18.3. The zero-order chi connectivity index (χ0) is 12.1. The van der Waals surface area contributed by atoms with Crippen LogP contribution in [-0.2, 0) is 0 Å². The largest absolute Gasteiger partial charge is 0.493 e. The van der Waals surface area contributed by atoms with Crippen molar-refractivity contribution in [1.29, 1.82) is 0 Å². The monoisotopic (exact) mass is 224 g/mol. The van der Waals surface area contributed by atoms with Crippen molar-refractivity contribution in [3.8, 4) is 5.75 Å². The highest BCUT2D eigenvalue weighted by Crippen LogP contribution is 2.22. The molecule has 2 atom stereocenters. The molecule has 1 aromatic carbocycles. The lowest BCUT2D eigenvalue weighted by atomic mass is 10.1. The maximum atomic E-state index is 9.42. The van der Waals surface area contributed by atoms with Crippen LogP contribution >= 0.6 is 0 Å². The Balaban J connectivity index is 2.68. The molecular weight excluding hydrogens is 204 g/mol. The smallest absolute Gasteiger partial charge is 0.122 e. The minimum Gasteiger partial charge on any atom is -0.493 e. The normalized spacial score (nSPS) is 14.6. The van der Waals surface area contributed by atoms with E-state index in [0.717, 1.165) is 16.9 Å². The van der Waals surface area contributed by atoms with Crippen LogP contribution in [-0.4, -0.2) is 23.4 Å². The Morgan fingerprint density at radius 1 is 1.31 bits per heavy atom. The van der Waals surface area contributed by atoms with Crippen LogP contribution in [0.2, 0.25) is 0 Å². The van der Waals surface area contributed by atoms with E-state index in [4.69, 9.17) is 9.84 Å². The van der Waals surface area contributed by atoms with E-state index in [2.05, 4.69) is 0 Å². The van der Waals surface area contributed by atoms with Gasteiger partial charge in [0, 0.05) is 12.5 Å². The molecule has 2 N–H and O–H groups in total. The van der Waals surface area contributed by atoms with Crippen molar-refractivity contribution in [2.75, 3.05) is 13.2 Å². The number of benzene rings is 1. The molecule has 3 heteroatoms. The molecular formula is C13H20O3. The molecule has 0 heterocycles. The Labute approximate surface area is 96.7 Å². The topological polar surface area (TPSA) is 49.7 Å². The van der Waals surface area contributed by atoms with Crippen molar-refractivity contribution in [3.05, 3.63) is 29.3 Å². The molecule has 0 saturated heterocycles. The van der Waals surface area contributed by atoms with Gasteiger partial charge in [-0.05, 0) is 37.1 Å². The van der Waals surface area contributed by atoms with E-state index >= 15 is 0 Å². The summed E-state index contributed by atoms with van der Waals surface area (Å²) in [4.78, 5) is 0. The summed E-state index contributed by atoms with van der Waals surface area (Å²) in [6.45, 7) is 6.25. The molecule has 1 aromatic rings. The first kappa shape index (κ1) is 13.0. The van der Waals surface area contributed by atoms with Gasteiger partial charge in [-0.3, -0.25) is 0 Å². The quantitative estimate of drug-likeness (QED) is 0.804. The second kappa shape index (κ2) is 5.87. The van der Waals surface area contributed by atoms with Crippen molar-refractivity contribution < 1.29 is 14.9 Å². The van der Waals surface area contributed by atoms with Gasteiger partial charge in [-0.15, -0.1) is 0 Å². The summed E-state index contributed by atoms with van der Waals surface area (Å²) >= 11 is 0. The highest BCUT2D eigenvalue weighted by molar-refractivity contribution is 5.36. The first-order valence-electron chi connectivity index (χ1n) is 5.57. The third-order valence-corrected chi connectivity index (χ3v) is 2.52. The third-order valence-electron chi connectivity index (χ3n) is 2.52. The van der Waals surface area contributed by atoms with E-state index in [1.54, 1.807) is 6.92 Å². The minimum atomic E-state index is -0.455. The highest BCUT2D eigenvalue weighted by Gasteiger charge is 2.06. The van der Waals surface area contributed by atoms with Gasteiger partial charge in [-0.1, -0.05) is 13.0 Å². The Morgan fingerprint density at radius 3 is 2.50 bits per heavy atom. The lowest BCUT2D eigenvalue weighted by Gasteiger charge is -2.14. The predicted octanol–water partition coefficient (Wildman–Crippen LogP) is 2.06. The van der Waals surface area contributed by atoms with Gasteiger partial charge in [-0.2, -0.15) is 0 Å². The van der Waals surface area contributed by atoms with Crippen molar-refractivity contribution in [3.63, 3.8) is 0 Å². The fraction of sp³-hybridized carbons (Fsp3) is 0.538. The van der Waals surface area contributed by atoms with Gasteiger partial charge in [0.05, 0.1) is 12.7 Å². The van der Waals surface area contributed by atoms with E-state index in [1.165, 1.54) is 0 Å². The average Bonchev–Trinajstić information content (AvgIpc) is 2.26. The van der Waals surface area contributed by atoms with Crippen LogP contribution in [0, 0.1) is 12.8 Å². The molecule has 0 aliphatic heterocycles. The van der Waals surface area contributed by atoms with Crippen molar-refractivity contribution in [1.82, 2.24) is 0 Å². The second-order valence-electron chi connectivity index (χ2n) is 4.30. The Hall–Kier alpha value is -1.06. The van der Waals surface area contributed by atoms with E-state index < -0.39 is 6.10 Å². The molecule has 1 rings (SSSR count). The minimum absolute atomic E-state index is 0.130. The van der Waals surface area contributed by atoms with Crippen LogP contribution in [0.3, 0.4) is 0 Å². The maximum Gasteiger partial charge on any atom is 0.122 e. The number of aliphatic hydroxyl groups is 2. The molecule has 0 aromatic heterocycles. The number of hydrogen-bond acceptors (Lipinski definition) is 3. The third kappa shape index (κ3) is 3.51. The number of rotatable bonds is 5. The Kier molecular flexibility index (Phi) is 4.77.